The van der Waals surface area contributed by atoms with E-state index in [4.69, 9.17) is 5.73 Å². The number of rotatable bonds is 12. The largest absolute Gasteiger partial charge is 0.508 e. The first-order valence-electron chi connectivity index (χ1n) is 10.9. The number of carboxylic acid groups (broad SMARTS) is 1. The first-order valence-corrected chi connectivity index (χ1v) is 12.3. The van der Waals surface area contributed by atoms with Gasteiger partial charge >= 0.3 is 5.97 Å². The highest BCUT2D eigenvalue weighted by Crippen LogP contribution is 2.21. The molecule has 0 bridgehead atoms. The van der Waals surface area contributed by atoms with E-state index in [2.05, 4.69) is 10.6 Å². The van der Waals surface area contributed by atoms with Crippen molar-refractivity contribution in [2.24, 2.45) is 5.73 Å². The van der Waals surface area contributed by atoms with Crippen molar-refractivity contribution in [2.45, 2.75) is 49.9 Å². The normalized spacial score (nSPS) is 18.1. The molecule has 1 saturated heterocycles. The topological polar surface area (TPSA) is 182 Å². The summed E-state index contributed by atoms with van der Waals surface area (Å²) in [6, 6.07) is 1.88. The molecule has 2 rings (SSSR count). The summed E-state index contributed by atoms with van der Waals surface area (Å²) in [5.41, 5.74) is 6.24. The van der Waals surface area contributed by atoms with E-state index in [1.807, 2.05) is 6.26 Å². The summed E-state index contributed by atoms with van der Waals surface area (Å²) < 4.78 is 0. The molecule has 3 amide bonds. The number of carbonyl (C=O) groups excluding carboxylic acids is 3. The maximum Gasteiger partial charge on any atom is 0.326 e. The van der Waals surface area contributed by atoms with Crippen LogP contribution in [0.3, 0.4) is 0 Å². The number of aliphatic hydroxyl groups is 1. The monoisotopic (exact) mass is 496 g/mol. The van der Waals surface area contributed by atoms with Gasteiger partial charge in [-0.1, -0.05) is 12.1 Å². The molecule has 0 spiro atoms. The van der Waals surface area contributed by atoms with Crippen molar-refractivity contribution in [3.63, 3.8) is 0 Å². The molecule has 1 fully saturated rings. The lowest BCUT2D eigenvalue weighted by atomic mass is 10.0. The van der Waals surface area contributed by atoms with Gasteiger partial charge in [0.05, 0.1) is 6.61 Å². The molecule has 4 unspecified atom stereocenters. The number of carboxylic acids is 1. The fourth-order valence-corrected chi connectivity index (χ4v) is 4.17. The quantitative estimate of drug-likeness (QED) is 0.212. The second-order valence-electron chi connectivity index (χ2n) is 8.09. The van der Waals surface area contributed by atoms with Crippen LogP contribution in [-0.4, -0.2) is 93.2 Å². The Morgan fingerprint density at radius 3 is 2.44 bits per heavy atom. The van der Waals surface area contributed by atoms with E-state index >= 15 is 0 Å². The third kappa shape index (κ3) is 7.61. The second-order valence-corrected chi connectivity index (χ2v) is 9.08. The minimum Gasteiger partial charge on any atom is -0.508 e. The molecule has 1 aromatic rings. The van der Waals surface area contributed by atoms with Crippen molar-refractivity contribution in [1.29, 1.82) is 0 Å². The number of likely N-dealkylation sites (tertiary alicyclic amines) is 1. The SMILES string of the molecule is CSCCC(NC(=O)C1CCCN1C(=O)C(Cc1ccc(O)cc1)NC(=O)C(N)CO)C(=O)O. The maximum absolute atomic E-state index is 13.4. The Bertz CT molecular complexity index is 867. The number of carbonyl (C=O) groups is 4. The number of nitrogens with zero attached hydrogens (tertiary/aromatic N) is 1. The zero-order chi connectivity index (χ0) is 25.3. The van der Waals surface area contributed by atoms with Crippen molar-refractivity contribution in [3.05, 3.63) is 29.8 Å². The molecule has 0 radical (unpaired) electrons. The molecule has 188 valence electrons. The Kier molecular flexibility index (Phi) is 10.6. The van der Waals surface area contributed by atoms with E-state index < -0.39 is 54.5 Å². The highest BCUT2D eigenvalue weighted by Gasteiger charge is 2.39. The van der Waals surface area contributed by atoms with Crippen LogP contribution in [0.5, 0.6) is 5.75 Å². The smallest absolute Gasteiger partial charge is 0.326 e. The van der Waals surface area contributed by atoms with Gasteiger partial charge in [-0.25, -0.2) is 4.79 Å². The van der Waals surface area contributed by atoms with Crippen molar-refractivity contribution in [3.8, 4) is 5.75 Å². The summed E-state index contributed by atoms with van der Waals surface area (Å²) >= 11 is 1.46. The number of amides is 3. The van der Waals surface area contributed by atoms with Gasteiger partial charge in [0, 0.05) is 13.0 Å². The Morgan fingerprint density at radius 1 is 1.18 bits per heavy atom. The lowest BCUT2D eigenvalue weighted by molar-refractivity contribution is -0.145. The van der Waals surface area contributed by atoms with Crippen LogP contribution in [-0.2, 0) is 25.6 Å². The molecule has 11 nitrogen and oxygen atoms in total. The third-order valence-electron chi connectivity index (χ3n) is 5.59. The highest BCUT2D eigenvalue weighted by molar-refractivity contribution is 7.98. The summed E-state index contributed by atoms with van der Waals surface area (Å²) in [5.74, 6) is -2.34. The molecule has 4 atom stereocenters. The molecule has 0 saturated carbocycles. The van der Waals surface area contributed by atoms with Crippen LogP contribution in [0, 0.1) is 0 Å². The maximum atomic E-state index is 13.4. The van der Waals surface area contributed by atoms with E-state index in [9.17, 15) is 34.5 Å². The summed E-state index contributed by atoms with van der Waals surface area (Å²) in [4.78, 5) is 51.5. The number of aromatic hydroxyl groups is 1. The predicted molar refractivity (Wildman–Crippen MR) is 126 cm³/mol. The minimum atomic E-state index is -1.22. The first-order chi connectivity index (χ1) is 16.2. The van der Waals surface area contributed by atoms with Gasteiger partial charge < -0.3 is 36.6 Å². The number of hydrogen-bond donors (Lipinski definition) is 6. The van der Waals surface area contributed by atoms with Crippen LogP contribution in [0.15, 0.2) is 24.3 Å². The molecule has 1 aliphatic heterocycles. The van der Waals surface area contributed by atoms with E-state index in [0.29, 0.717) is 24.2 Å². The molecular weight excluding hydrogens is 464 g/mol. The van der Waals surface area contributed by atoms with Gasteiger partial charge in [0.1, 0.15) is 29.9 Å². The molecule has 12 heteroatoms. The Hall–Kier alpha value is -2.83. The Balaban J connectivity index is 2.19. The van der Waals surface area contributed by atoms with Gasteiger partial charge in [-0.05, 0) is 49.0 Å². The van der Waals surface area contributed by atoms with Gasteiger partial charge in [0.25, 0.3) is 0 Å². The minimum absolute atomic E-state index is 0.0451. The number of benzene rings is 1. The van der Waals surface area contributed by atoms with Gasteiger partial charge in [-0.3, -0.25) is 14.4 Å². The van der Waals surface area contributed by atoms with E-state index in [0.717, 1.165) is 0 Å². The van der Waals surface area contributed by atoms with E-state index in [1.54, 1.807) is 12.1 Å². The molecule has 1 heterocycles. The molecule has 34 heavy (non-hydrogen) atoms. The Morgan fingerprint density at radius 2 is 1.85 bits per heavy atom. The fourth-order valence-electron chi connectivity index (χ4n) is 3.69. The number of nitrogens with two attached hydrogens (primary N) is 1. The predicted octanol–water partition coefficient (Wildman–Crippen LogP) is -0.947. The number of phenolic OH excluding ortho intramolecular Hbond substituents is 1. The summed E-state index contributed by atoms with van der Waals surface area (Å²) in [7, 11) is 0. The van der Waals surface area contributed by atoms with Crippen molar-refractivity contribution < 1.29 is 34.5 Å². The Labute approximate surface area is 202 Å². The second kappa shape index (κ2) is 13.2. The van der Waals surface area contributed by atoms with Crippen LogP contribution in [0.25, 0.3) is 0 Å². The first kappa shape index (κ1) is 27.4. The van der Waals surface area contributed by atoms with Crippen LogP contribution >= 0.6 is 11.8 Å². The van der Waals surface area contributed by atoms with E-state index in [-0.39, 0.29) is 25.1 Å². The zero-order valence-electron chi connectivity index (χ0n) is 19.0. The average molecular weight is 497 g/mol. The lowest BCUT2D eigenvalue weighted by Crippen LogP contribution is -2.57. The molecular formula is C22H32N4O7S. The van der Waals surface area contributed by atoms with Gasteiger partial charge in [0.15, 0.2) is 0 Å². The molecule has 0 aliphatic carbocycles. The van der Waals surface area contributed by atoms with Crippen LogP contribution in [0.4, 0.5) is 0 Å². The van der Waals surface area contributed by atoms with Crippen molar-refractivity contribution in [2.75, 3.05) is 25.2 Å². The number of aliphatic hydroxyl groups excluding tert-OH is 1. The average Bonchev–Trinajstić information content (AvgIpc) is 3.31. The number of aliphatic carboxylic acids is 1. The van der Waals surface area contributed by atoms with Gasteiger partial charge in [-0.15, -0.1) is 0 Å². The summed E-state index contributed by atoms with van der Waals surface area (Å²) in [5, 5.41) is 33.2. The number of nitrogens with one attached hydrogen (secondary N) is 2. The van der Waals surface area contributed by atoms with Crippen LogP contribution < -0.4 is 16.4 Å². The summed E-state index contributed by atoms with van der Waals surface area (Å²) in [6.07, 6.45) is 3.06. The molecule has 1 aromatic carbocycles. The number of hydrogen-bond acceptors (Lipinski definition) is 8. The van der Waals surface area contributed by atoms with Crippen LogP contribution in [0.2, 0.25) is 0 Å². The van der Waals surface area contributed by atoms with Gasteiger partial charge in [0.2, 0.25) is 17.7 Å². The number of thioether (sulfide) groups is 1. The molecule has 1 aliphatic rings. The standard InChI is InChI=1S/C22H32N4O7S/c1-34-10-8-16(22(32)33)24-20(30)18-3-2-9-26(18)21(31)17(25-19(29)15(23)12-27)11-13-4-6-14(28)7-5-13/h4-7,15-18,27-28H,2-3,8-12,23H2,1H3,(H,24,30)(H,25,29)(H,32,33). The highest BCUT2D eigenvalue weighted by atomic mass is 32.2. The third-order valence-corrected chi connectivity index (χ3v) is 6.23. The summed E-state index contributed by atoms with van der Waals surface area (Å²) in [6.45, 7) is -0.333. The lowest BCUT2D eigenvalue weighted by Gasteiger charge is -2.30. The molecule has 0 aromatic heterocycles. The van der Waals surface area contributed by atoms with E-state index in [1.165, 1.54) is 28.8 Å². The fraction of sp³-hybridized carbons (Fsp3) is 0.545. The van der Waals surface area contributed by atoms with Gasteiger partial charge in [-0.2, -0.15) is 11.8 Å². The zero-order valence-corrected chi connectivity index (χ0v) is 19.8. The van der Waals surface area contributed by atoms with Crippen molar-refractivity contribution >= 4 is 35.5 Å². The number of phenols is 1. The molecule has 7 N–H and O–H groups in total. The van der Waals surface area contributed by atoms with Crippen molar-refractivity contribution in [1.82, 2.24) is 15.5 Å². The van der Waals surface area contributed by atoms with Crippen LogP contribution in [0.1, 0.15) is 24.8 Å².